The molecule has 0 aliphatic heterocycles. The fraction of sp³-hybridized carbons (Fsp3) is 0.111. The number of hydrogen-bond donors (Lipinski definition) is 0. The summed E-state index contributed by atoms with van der Waals surface area (Å²) in [5, 5.41) is 4.10. The van der Waals surface area contributed by atoms with Gasteiger partial charge in [0, 0.05) is 49.9 Å². The summed E-state index contributed by atoms with van der Waals surface area (Å²) in [7, 11) is 7.68. The molecule has 0 radical (unpaired) electrons. The number of hydrogen-bond acceptors (Lipinski definition) is 6. The molecule has 2 aromatic carbocycles. The molecule has 8 heterocycles. The van der Waals surface area contributed by atoms with E-state index in [-0.39, 0.29) is 42.1 Å². The summed E-state index contributed by atoms with van der Waals surface area (Å²) in [5.41, 5.74) is 8.79. The predicted molar refractivity (Wildman–Crippen MR) is 181 cm³/mol. The Morgan fingerprint density at radius 3 is 1.50 bits per heavy atom. The number of rotatable bonds is 4. The first-order valence-electron chi connectivity index (χ1n) is 15.1. The van der Waals surface area contributed by atoms with E-state index >= 15 is 0 Å². The Hall–Kier alpha value is -5.18. The van der Waals surface area contributed by atoms with Crippen LogP contribution in [-0.2, 0) is 70.3 Å². The van der Waals surface area contributed by atoms with Crippen LogP contribution in [0.1, 0.15) is 0 Å². The van der Waals surface area contributed by atoms with Crippen LogP contribution in [0.15, 0.2) is 95.2 Å². The van der Waals surface area contributed by atoms with Crippen molar-refractivity contribution in [1.82, 2.24) is 48.2 Å². The van der Waals surface area contributed by atoms with E-state index in [1.807, 2.05) is 90.9 Å². The van der Waals surface area contributed by atoms with Gasteiger partial charge < -0.3 is 47.0 Å². The number of fused-ring (bicyclic) bond motifs is 6. The Morgan fingerprint density at radius 1 is 0.540 bits per heavy atom. The fourth-order valence-electron chi connectivity index (χ4n) is 6.14. The molecule has 14 heteroatoms. The van der Waals surface area contributed by atoms with Gasteiger partial charge in [0.15, 0.2) is 0 Å². The van der Waals surface area contributed by atoms with Gasteiger partial charge in [-0.15, -0.1) is 23.4 Å². The molecule has 0 aliphatic carbocycles. The molecule has 10 rings (SSSR count). The third kappa shape index (κ3) is 5.49. The molecule has 12 nitrogen and oxygen atoms in total. The van der Waals surface area contributed by atoms with Crippen LogP contribution in [0.25, 0.3) is 89.0 Å². The molecule has 8 aromatic heterocycles. The predicted octanol–water partition coefficient (Wildman–Crippen LogP) is 6.28. The molecule has 10 aromatic rings. The molecule has 0 fully saturated rings. The average Bonchev–Trinajstić information content (AvgIpc) is 3.91. The van der Waals surface area contributed by atoms with E-state index in [2.05, 4.69) is 44.7 Å². The van der Waals surface area contributed by atoms with Crippen LogP contribution in [0, 0.1) is 12.7 Å². The van der Waals surface area contributed by atoms with Gasteiger partial charge >= 0.3 is 42.1 Å². The summed E-state index contributed by atoms with van der Waals surface area (Å²) in [6.45, 7) is 0. The number of imidazole rings is 4. The fourth-order valence-corrected chi connectivity index (χ4v) is 6.14. The Kier molecular flexibility index (Phi) is 8.62. The zero-order valence-electron chi connectivity index (χ0n) is 27.0. The molecule has 50 heavy (non-hydrogen) atoms. The monoisotopic (exact) mass is 1020 g/mol. The van der Waals surface area contributed by atoms with Crippen molar-refractivity contribution in [3.8, 4) is 45.4 Å². The van der Waals surface area contributed by atoms with Crippen molar-refractivity contribution in [3.05, 3.63) is 99.0 Å². The van der Waals surface area contributed by atoms with E-state index in [0.29, 0.717) is 11.5 Å². The summed E-state index contributed by atoms with van der Waals surface area (Å²) >= 11 is 0. The zero-order valence-corrected chi connectivity index (χ0v) is 31.5. The van der Waals surface area contributed by atoms with Crippen LogP contribution in [0.5, 0.6) is 0 Å². The summed E-state index contributed by atoms with van der Waals surface area (Å²) in [4.78, 5) is 27.1. The zero-order chi connectivity index (χ0) is 32.5. The second-order valence-corrected chi connectivity index (χ2v) is 11.8. The van der Waals surface area contributed by atoms with Crippen molar-refractivity contribution >= 4 is 43.6 Å². The normalized spacial score (nSPS) is 11.3. The number of benzene rings is 2. The van der Waals surface area contributed by atoms with Gasteiger partial charge in [-0.25, -0.2) is 9.97 Å². The third-order valence-electron chi connectivity index (χ3n) is 8.34. The van der Waals surface area contributed by atoms with E-state index in [4.69, 9.17) is 18.8 Å². The average molecular weight is 1020 g/mol. The van der Waals surface area contributed by atoms with Crippen molar-refractivity contribution in [2.75, 3.05) is 0 Å². The number of para-hydroxylation sites is 2. The first kappa shape index (κ1) is 33.3. The quantitative estimate of drug-likeness (QED) is 0.189. The minimum atomic E-state index is 0. The summed E-state index contributed by atoms with van der Waals surface area (Å²) in [6.07, 6.45) is 20.5. The molecular formula is C36H26N10O2Pt2. The van der Waals surface area contributed by atoms with E-state index in [1.54, 1.807) is 29.7 Å². The van der Waals surface area contributed by atoms with E-state index in [9.17, 15) is 0 Å². The van der Waals surface area contributed by atoms with Crippen molar-refractivity contribution in [1.29, 1.82) is 0 Å². The van der Waals surface area contributed by atoms with E-state index in [1.165, 1.54) is 0 Å². The SMILES string of the molecule is Cn1[c-]nc(-c2cccc3c2[n-]c2c(-c4cn(C)cn4)occ23)c1.Cn1[c-]nc(-c2occ3c2[n-]c2c(-c4cn(C)cn4)cccc23)c1.[Pt+2].[Pt+2]. The second kappa shape index (κ2) is 12.9. The smallest absolute Gasteiger partial charge is 0.654 e. The van der Waals surface area contributed by atoms with Gasteiger partial charge in [0.25, 0.3) is 0 Å². The molecule has 0 aliphatic rings. The maximum atomic E-state index is 5.75. The summed E-state index contributed by atoms with van der Waals surface area (Å²) < 4.78 is 18.9. The minimum absolute atomic E-state index is 0. The maximum absolute atomic E-state index is 5.75. The Labute approximate surface area is 313 Å². The largest absolute Gasteiger partial charge is 2.00 e. The standard InChI is InChI=1S/2C18H13N5O.2Pt/c2*1-22-6-14(19-9-22)12-5-3-4-11-13-8-24-18(17(13)21-16(11)12)15-7-23(2)10-20-15;;/h3-8,10H,1-2H3;3-9H,1-2H3;;/q2*-2;2*+2. The third-order valence-corrected chi connectivity index (χ3v) is 8.34. The van der Waals surface area contributed by atoms with Crippen molar-refractivity contribution in [2.45, 2.75) is 0 Å². The van der Waals surface area contributed by atoms with Gasteiger partial charge in [0.05, 0.1) is 36.6 Å². The maximum Gasteiger partial charge on any atom is 2.00 e. The van der Waals surface area contributed by atoms with Gasteiger partial charge in [0.2, 0.25) is 0 Å². The van der Waals surface area contributed by atoms with Crippen molar-refractivity contribution in [2.24, 2.45) is 28.2 Å². The number of nitrogens with zero attached hydrogens (tertiary/aromatic N) is 10. The molecule has 0 amide bonds. The van der Waals surface area contributed by atoms with E-state index in [0.717, 1.165) is 77.5 Å². The van der Waals surface area contributed by atoms with Crippen LogP contribution in [-0.4, -0.2) is 38.2 Å². The molecule has 252 valence electrons. The first-order valence-corrected chi connectivity index (χ1v) is 15.1. The van der Waals surface area contributed by atoms with Crippen molar-refractivity contribution < 1.29 is 51.0 Å². The molecule has 0 N–H and O–H groups in total. The van der Waals surface area contributed by atoms with Gasteiger partial charge in [-0.3, -0.25) is 0 Å². The van der Waals surface area contributed by atoms with E-state index < -0.39 is 0 Å². The Bertz CT molecular complexity index is 2570. The van der Waals surface area contributed by atoms with Crippen LogP contribution >= 0.6 is 0 Å². The number of aryl methyl sites for hydroxylation is 4. The van der Waals surface area contributed by atoms with Crippen LogP contribution < -0.4 is 9.97 Å². The summed E-state index contributed by atoms with van der Waals surface area (Å²) in [6, 6.07) is 12.2. The molecular weight excluding hydrogens is 995 g/mol. The topological polar surface area (TPSA) is 126 Å². The molecule has 0 saturated heterocycles. The van der Waals surface area contributed by atoms with Crippen molar-refractivity contribution in [3.63, 3.8) is 0 Å². The molecule has 0 saturated carbocycles. The first-order chi connectivity index (χ1) is 23.4. The summed E-state index contributed by atoms with van der Waals surface area (Å²) in [5.74, 6) is 1.37. The molecule has 0 unspecified atom stereocenters. The van der Waals surface area contributed by atoms with Crippen LogP contribution in [0.4, 0.5) is 0 Å². The van der Waals surface area contributed by atoms with Gasteiger partial charge in [-0.1, -0.05) is 58.7 Å². The molecule has 0 atom stereocenters. The van der Waals surface area contributed by atoms with Crippen LogP contribution in [0.3, 0.4) is 0 Å². The molecule has 0 spiro atoms. The number of furan rings is 2. The Balaban J connectivity index is 0.000000151. The Morgan fingerprint density at radius 2 is 1.02 bits per heavy atom. The van der Waals surface area contributed by atoms with Gasteiger partial charge in [-0.05, 0) is 36.1 Å². The second-order valence-electron chi connectivity index (χ2n) is 11.8. The number of aromatic nitrogens is 10. The van der Waals surface area contributed by atoms with Gasteiger partial charge in [0.1, 0.15) is 11.5 Å². The minimum Gasteiger partial charge on any atom is -0.654 e. The van der Waals surface area contributed by atoms with Gasteiger partial charge in [-0.2, -0.15) is 0 Å². The van der Waals surface area contributed by atoms with Crippen LogP contribution in [0.2, 0.25) is 0 Å². The molecule has 0 bridgehead atoms.